The summed E-state index contributed by atoms with van der Waals surface area (Å²) in [4.78, 5) is 12.5. The highest BCUT2D eigenvalue weighted by molar-refractivity contribution is 7.08. The van der Waals surface area contributed by atoms with E-state index < -0.39 is 0 Å². The number of hydrogen-bond donors (Lipinski definition) is 2. The summed E-state index contributed by atoms with van der Waals surface area (Å²) < 4.78 is 1.80. The topological polar surface area (TPSA) is 75.6 Å². The second-order valence-corrected chi connectivity index (χ2v) is 6.38. The average molecular weight is 329 g/mol. The minimum absolute atomic E-state index is 0.0902. The maximum atomic E-state index is 12.5. The molecule has 3 heterocycles. The van der Waals surface area contributed by atoms with Crippen molar-refractivity contribution in [1.82, 2.24) is 20.0 Å². The van der Waals surface area contributed by atoms with Crippen LogP contribution in [-0.4, -0.2) is 25.9 Å². The molecule has 1 atom stereocenters. The molecule has 0 aliphatic carbocycles. The molecule has 23 heavy (non-hydrogen) atoms. The van der Waals surface area contributed by atoms with Crippen LogP contribution in [0.1, 0.15) is 29.8 Å². The van der Waals surface area contributed by atoms with E-state index in [-0.39, 0.29) is 11.8 Å². The van der Waals surface area contributed by atoms with Crippen molar-refractivity contribution in [2.24, 2.45) is 7.05 Å². The molecule has 7 heteroatoms. The lowest BCUT2D eigenvalue weighted by atomic mass is 9.98. The Morgan fingerprint density at radius 2 is 2.22 bits per heavy atom. The molecule has 0 aliphatic heterocycles. The van der Waals surface area contributed by atoms with Crippen molar-refractivity contribution in [3.05, 3.63) is 39.8 Å². The number of amides is 1. The van der Waals surface area contributed by atoms with Gasteiger partial charge in [0.05, 0.1) is 17.3 Å². The SMILES string of the molecule is Cc1nn(C)c(C)c1[C@H](C)C(=O)Nc1cc(-c2ccsc2)[nH]n1. The molecular formula is C16H19N5OS. The van der Waals surface area contributed by atoms with E-state index in [1.165, 1.54) is 0 Å². The molecule has 0 unspecified atom stereocenters. The molecule has 3 aromatic rings. The van der Waals surface area contributed by atoms with Crippen LogP contribution in [0, 0.1) is 13.8 Å². The van der Waals surface area contributed by atoms with Gasteiger partial charge in [-0.25, -0.2) is 0 Å². The predicted molar refractivity (Wildman–Crippen MR) is 91.6 cm³/mol. The molecule has 120 valence electrons. The van der Waals surface area contributed by atoms with E-state index in [1.807, 2.05) is 50.7 Å². The molecule has 0 aromatic carbocycles. The number of carbonyl (C=O) groups is 1. The van der Waals surface area contributed by atoms with E-state index in [1.54, 1.807) is 16.0 Å². The molecule has 0 saturated carbocycles. The Bertz CT molecular complexity index is 831. The number of aromatic amines is 1. The molecule has 0 radical (unpaired) electrons. The highest BCUT2D eigenvalue weighted by Gasteiger charge is 2.23. The first-order valence-electron chi connectivity index (χ1n) is 7.36. The van der Waals surface area contributed by atoms with E-state index >= 15 is 0 Å². The normalized spacial score (nSPS) is 12.3. The number of rotatable bonds is 4. The highest BCUT2D eigenvalue weighted by Crippen LogP contribution is 2.25. The molecule has 0 fully saturated rings. The van der Waals surface area contributed by atoms with Crippen molar-refractivity contribution >= 4 is 23.1 Å². The van der Waals surface area contributed by atoms with Crippen LogP contribution in [0.5, 0.6) is 0 Å². The van der Waals surface area contributed by atoms with Gasteiger partial charge in [-0.05, 0) is 32.2 Å². The monoisotopic (exact) mass is 329 g/mol. The summed E-state index contributed by atoms with van der Waals surface area (Å²) in [6.07, 6.45) is 0. The molecule has 2 N–H and O–H groups in total. The van der Waals surface area contributed by atoms with E-state index in [0.29, 0.717) is 5.82 Å². The molecule has 1 amide bonds. The number of aromatic nitrogens is 4. The van der Waals surface area contributed by atoms with Crippen molar-refractivity contribution in [2.75, 3.05) is 5.32 Å². The fourth-order valence-corrected chi connectivity index (χ4v) is 3.39. The second-order valence-electron chi connectivity index (χ2n) is 5.60. The fraction of sp³-hybridized carbons (Fsp3) is 0.312. The minimum Gasteiger partial charge on any atom is -0.309 e. The van der Waals surface area contributed by atoms with Crippen molar-refractivity contribution < 1.29 is 4.79 Å². The Balaban J connectivity index is 1.76. The predicted octanol–water partition coefficient (Wildman–Crippen LogP) is 3.23. The zero-order valence-electron chi connectivity index (χ0n) is 13.5. The van der Waals surface area contributed by atoms with Crippen LogP contribution >= 0.6 is 11.3 Å². The first kappa shape index (κ1) is 15.5. The summed E-state index contributed by atoms with van der Waals surface area (Å²) in [5.41, 5.74) is 4.82. The summed E-state index contributed by atoms with van der Waals surface area (Å²) in [7, 11) is 1.89. The molecule has 0 saturated heterocycles. The number of anilines is 1. The van der Waals surface area contributed by atoms with Gasteiger partial charge in [0.1, 0.15) is 0 Å². The molecule has 6 nitrogen and oxygen atoms in total. The number of H-pyrrole nitrogens is 1. The number of carbonyl (C=O) groups excluding carboxylic acids is 1. The lowest BCUT2D eigenvalue weighted by molar-refractivity contribution is -0.117. The lowest BCUT2D eigenvalue weighted by Gasteiger charge is -2.11. The third-order valence-electron chi connectivity index (χ3n) is 4.05. The van der Waals surface area contributed by atoms with Gasteiger partial charge in [0.15, 0.2) is 5.82 Å². The van der Waals surface area contributed by atoms with Gasteiger partial charge >= 0.3 is 0 Å². The van der Waals surface area contributed by atoms with E-state index in [2.05, 4.69) is 20.6 Å². The number of nitrogens with one attached hydrogen (secondary N) is 2. The van der Waals surface area contributed by atoms with Crippen LogP contribution in [-0.2, 0) is 11.8 Å². The maximum Gasteiger partial charge on any atom is 0.232 e. The summed E-state index contributed by atoms with van der Waals surface area (Å²) >= 11 is 1.62. The zero-order chi connectivity index (χ0) is 16.6. The number of hydrogen-bond acceptors (Lipinski definition) is 4. The first-order chi connectivity index (χ1) is 11.0. The second kappa shape index (κ2) is 6.00. The van der Waals surface area contributed by atoms with Gasteiger partial charge in [-0.2, -0.15) is 21.5 Å². The van der Waals surface area contributed by atoms with Gasteiger partial charge < -0.3 is 5.32 Å². The van der Waals surface area contributed by atoms with Crippen LogP contribution in [0.25, 0.3) is 11.3 Å². The summed E-state index contributed by atoms with van der Waals surface area (Å²) in [6, 6.07) is 3.85. The van der Waals surface area contributed by atoms with Gasteiger partial charge in [-0.3, -0.25) is 14.6 Å². The fourth-order valence-electron chi connectivity index (χ4n) is 2.73. The van der Waals surface area contributed by atoms with Crippen LogP contribution in [0.15, 0.2) is 22.9 Å². The molecule has 0 bridgehead atoms. The van der Waals surface area contributed by atoms with Gasteiger partial charge in [0.2, 0.25) is 5.91 Å². The van der Waals surface area contributed by atoms with Crippen LogP contribution in [0.2, 0.25) is 0 Å². The standard InChI is InChI=1S/C16H19N5OS/c1-9(15-10(2)20-21(4)11(15)3)16(22)17-14-7-13(18-19-14)12-5-6-23-8-12/h5-9H,1-4H3,(H2,17,18,19,22)/t9-/m0/s1. The summed E-state index contributed by atoms with van der Waals surface area (Å²) in [5, 5.41) is 18.4. The molecule has 0 aliphatic rings. The maximum absolute atomic E-state index is 12.5. The first-order valence-corrected chi connectivity index (χ1v) is 8.30. The average Bonchev–Trinajstić information content (AvgIpc) is 3.21. The number of aryl methyl sites for hydroxylation is 2. The highest BCUT2D eigenvalue weighted by atomic mass is 32.1. The number of thiophene rings is 1. The van der Waals surface area contributed by atoms with Crippen molar-refractivity contribution in [1.29, 1.82) is 0 Å². The Morgan fingerprint density at radius 1 is 1.43 bits per heavy atom. The quantitative estimate of drug-likeness (QED) is 0.771. The van der Waals surface area contributed by atoms with Crippen molar-refractivity contribution in [3.63, 3.8) is 0 Å². The zero-order valence-corrected chi connectivity index (χ0v) is 14.4. The summed E-state index contributed by atoms with van der Waals surface area (Å²) in [5.74, 6) is 0.153. The Morgan fingerprint density at radius 3 is 2.83 bits per heavy atom. The minimum atomic E-state index is -0.287. The van der Waals surface area contributed by atoms with Crippen LogP contribution in [0.4, 0.5) is 5.82 Å². The van der Waals surface area contributed by atoms with Gasteiger partial charge in [0.25, 0.3) is 0 Å². The number of nitrogens with zero attached hydrogens (tertiary/aromatic N) is 3. The molecule has 3 aromatic heterocycles. The Labute approximate surface area is 138 Å². The largest absolute Gasteiger partial charge is 0.309 e. The molecule has 3 rings (SSSR count). The Kier molecular flexibility index (Phi) is 4.04. The third kappa shape index (κ3) is 2.92. The van der Waals surface area contributed by atoms with E-state index in [4.69, 9.17) is 0 Å². The lowest BCUT2D eigenvalue weighted by Crippen LogP contribution is -2.20. The van der Waals surface area contributed by atoms with E-state index in [0.717, 1.165) is 28.2 Å². The van der Waals surface area contributed by atoms with Crippen LogP contribution < -0.4 is 5.32 Å². The van der Waals surface area contributed by atoms with Gasteiger partial charge in [0, 0.05) is 35.3 Å². The third-order valence-corrected chi connectivity index (χ3v) is 4.74. The summed E-state index contributed by atoms with van der Waals surface area (Å²) in [6.45, 7) is 5.79. The smallest absolute Gasteiger partial charge is 0.232 e. The molecule has 0 spiro atoms. The van der Waals surface area contributed by atoms with Crippen molar-refractivity contribution in [3.8, 4) is 11.3 Å². The van der Waals surface area contributed by atoms with E-state index in [9.17, 15) is 4.79 Å². The molecular weight excluding hydrogens is 310 g/mol. The van der Waals surface area contributed by atoms with Crippen molar-refractivity contribution in [2.45, 2.75) is 26.7 Å². The van der Waals surface area contributed by atoms with Crippen LogP contribution in [0.3, 0.4) is 0 Å². The van der Waals surface area contributed by atoms with Gasteiger partial charge in [-0.1, -0.05) is 0 Å². The Hall–Kier alpha value is -2.41. The van der Waals surface area contributed by atoms with Gasteiger partial charge in [-0.15, -0.1) is 0 Å².